The maximum Gasteiger partial charge on any atom is 0.139 e. The van der Waals surface area contributed by atoms with Gasteiger partial charge in [-0.2, -0.15) is 0 Å². The van der Waals surface area contributed by atoms with Gasteiger partial charge in [0.2, 0.25) is 0 Å². The number of aromatic nitrogens is 2. The van der Waals surface area contributed by atoms with Gasteiger partial charge in [-0.25, -0.2) is 4.98 Å². The van der Waals surface area contributed by atoms with E-state index < -0.39 is 0 Å². The van der Waals surface area contributed by atoms with Crippen molar-refractivity contribution in [3.63, 3.8) is 0 Å². The first-order chi connectivity index (χ1) is 9.34. The fourth-order valence-electron chi connectivity index (χ4n) is 3.09. The Hall–Kier alpha value is -2.29. The van der Waals surface area contributed by atoms with Crippen LogP contribution in [0, 0.1) is 0 Å². The summed E-state index contributed by atoms with van der Waals surface area (Å²) >= 11 is 0. The Morgan fingerprint density at radius 1 is 1.16 bits per heavy atom. The van der Waals surface area contributed by atoms with Gasteiger partial charge in [0.05, 0.1) is 5.69 Å². The molecule has 3 heteroatoms. The molecule has 19 heavy (non-hydrogen) atoms. The van der Waals surface area contributed by atoms with Crippen LogP contribution in [-0.4, -0.2) is 16.0 Å². The van der Waals surface area contributed by atoms with E-state index in [2.05, 4.69) is 58.2 Å². The lowest BCUT2D eigenvalue weighted by molar-refractivity contribution is 0.760. The minimum atomic E-state index is 0.484. The van der Waals surface area contributed by atoms with E-state index in [1.165, 1.54) is 22.3 Å². The molecule has 3 heterocycles. The first kappa shape index (κ1) is 10.6. The number of benzene rings is 1. The maximum absolute atomic E-state index is 4.37. The second-order valence-electron chi connectivity index (χ2n) is 5.12. The van der Waals surface area contributed by atoms with E-state index in [1.807, 2.05) is 12.4 Å². The number of nitrogens with zero attached hydrogens (tertiary/aromatic N) is 2. The summed E-state index contributed by atoms with van der Waals surface area (Å²) < 4.78 is 0. The highest BCUT2D eigenvalue weighted by Gasteiger charge is 2.27. The fourth-order valence-corrected chi connectivity index (χ4v) is 3.09. The number of fused-ring (bicyclic) bond motifs is 2. The van der Waals surface area contributed by atoms with E-state index in [-0.39, 0.29) is 0 Å². The Morgan fingerprint density at radius 2 is 2.05 bits per heavy atom. The van der Waals surface area contributed by atoms with Crippen LogP contribution in [0.5, 0.6) is 0 Å². The predicted octanol–water partition coefficient (Wildman–Crippen LogP) is 3.65. The molecule has 0 fully saturated rings. The van der Waals surface area contributed by atoms with Gasteiger partial charge < -0.3 is 9.88 Å². The lowest BCUT2D eigenvalue weighted by Crippen LogP contribution is -2.24. The summed E-state index contributed by atoms with van der Waals surface area (Å²) in [6.45, 7) is 2.28. The van der Waals surface area contributed by atoms with Gasteiger partial charge in [0.1, 0.15) is 5.65 Å². The van der Waals surface area contributed by atoms with E-state index >= 15 is 0 Å². The van der Waals surface area contributed by atoms with Gasteiger partial charge in [0, 0.05) is 29.5 Å². The monoisotopic (exact) mass is 249 g/mol. The number of hydrogen-bond acceptors (Lipinski definition) is 2. The molecule has 0 amide bonds. The second kappa shape index (κ2) is 3.85. The van der Waals surface area contributed by atoms with Gasteiger partial charge in [0.25, 0.3) is 0 Å². The molecule has 0 saturated carbocycles. The SMILES string of the molecule is CC1Cc2ccccc2N1c1ccnc2[nH]ccc12. The molecule has 3 aromatic rings. The first-order valence-electron chi connectivity index (χ1n) is 6.64. The molecule has 0 aliphatic carbocycles. The van der Waals surface area contributed by atoms with Gasteiger partial charge in [-0.15, -0.1) is 0 Å². The minimum absolute atomic E-state index is 0.484. The maximum atomic E-state index is 4.37. The van der Waals surface area contributed by atoms with Crippen molar-refractivity contribution in [1.29, 1.82) is 0 Å². The highest BCUT2D eigenvalue weighted by Crippen LogP contribution is 2.40. The highest BCUT2D eigenvalue weighted by atomic mass is 15.2. The summed E-state index contributed by atoms with van der Waals surface area (Å²) in [5.74, 6) is 0. The van der Waals surface area contributed by atoms with Gasteiger partial charge >= 0.3 is 0 Å². The number of hydrogen-bond donors (Lipinski definition) is 1. The number of para-hydroxylation sites is 1. The lowest BCUT2D eigenvalue weighted by Gasteiger charge is -2.25. The third-order valence-electron chi connectivity index (χ3n) is 3.90. The molecule has 1 aliphatic rings. The van der Waals surface area contributed by atoms with E-state index in [9.17, 15) is 0 Å². The van der Waals surface area contributed by atoms with Gasteiger partial charge in [-0.3, -0.25) is 0 Å². The van der Waals surface area contributed by atoms with Crippen molar-refractivity contribution >= 4 is 22.4 Å². The van der Waals surface area contributed by atoms with Gasteiger partial charge in [-0.05, 0) is 37.1 Å². The molecular weight excluding hydrogens is 234 g/mol. The number of anilines is 2. The zero-order chi connectivity index (χ0) is 12.8. The van der Waals surface area contributed by atoms with E-state index in [1.54, 1.807) is 0 Å². The smallest absolute Gasteiger partial charge is 0.139 e. The molecule has 0 radical (unpaired) electrons. The Labute approximate surface area is 111 Å². The summed E-state index contributed by atoms with van der Waals surface area (Å²) in [7, 11) is 0. The summed E-state index contributed by atoms with van der Waals surface area (Å²) in [5.41, 5.74) is 4.94. The molecule has 0 saturated heterocycles. The van der Waals surface area contributed by atoms with Crippen LogP contribution in [0.25, 0.3) is 11.0 Å². The summed E-state index contributed by atoms with van der Waals surface area (Å²) in [6, 6.07) is 13.4. The number of nitrogens with one attached hydrogen (secondary N) is 1. The van der Waals surface area contributed by atoms with E-state index in [0.717, 1.165) is 12.1 Å². The first-order valence-corrected chi connectivity index (χ1v) is 6.64. The van der Waals surface area contributed by atoms with Crippen molar-refractivity contribution in [3.05, 3.63) is 54.4 Å². The molecule has 1 atom stereocenters. The van der Waals surface area contributed by atoms with Crippen molar-refractivity contribution in [2.45, 2.75) is 19.4 Å². The average Bonchev–Trinajstić information content (AvgIpc) is 3.01. The van der Waals surface area contributed by atoms with Crippen molar-refractivity contribution < 1.29 is 0 Å². The average molecular weight is 249 g/mol. The van der Waals surface area contributed by atoms with E-state index in [4.69, 9.17) is 0 Å². The lowest BCUT2D eigenvalue weighted by atomic mass is 10.1. The minimum Gasteiger partial charge on any atom is -0.346 e. The Kier molecular flexibility index (Phi) is 2.15. The molecule has 4 rings (SSSR count). The Morgan fingerprint density at radius 3 is 3.00 bits per heavy atom. The molecule has 0 spiro atoms. The number of aromatic amines is 1. The van der Waals surface area contributed by atoms with Crippen molar-refractivity contribution in [2.24, 2.45) is 0 Å². The second-order valence-corrected chi connectivity index (χ2v) is 5.12. The largest absolute Gasteiger partial charge is 0.346 e. The molecule has 1 unspecified atom stereocenters. The highest BCUT2D eigenvalue weighted by molar-refractivity contribution is 5.93. The summed E-state index contributed by atoms with van der Waals surface area (Å²) in [4.78, 5) is 9.98. The molecule has 1 N–H and O–H groups in total. The summed E-state index contributed by atoms with van der Waals surface area (Å²) in [5, 5.41) is 1.19. The van der Waals surface area contributed by atoms with Crippen LogP contribution in [-0.2, 0) is 6.42 Å². The number of H-pyrrole nitrogens is 1. The van der Waals surface area contributed by atoms with Crippen LogP contribution in [0.2, 0.25) is 0 Å². The third-order valence-corrected chi connectivity index (χ3v) is 3.90. The number of rotatable bonds is 1. The van der Waals surface area contributed by atoms with Crippen LogP contribution < -0.4 is 4.90 Å². The molecule has 2 aromatic heterocycles. The Balaban J connectivity index is 1.95. The van der Waals surface area contributed by atoms with Crippen molar-refractivity contribution in [1.82, 2.24) is 9.97 Å². The molecule has 94 valence electrons. The zero-order valence-electron chi connectivity index (χ0n) is 10.8. The molecule has 3 nitrogen and oxygen atoms in total. The van der Waals surface area contributed by atoms with Crippen LogP contribution >= 0.6 is 0 Å². The third kappa shape index (κ3) is 1.48. The van der Waals surface area contributed by atoms with Crippen LogP contribution in [0.4, 0.5) is 11.4 Å². The predicted molar refractivity (Wildman–Crippen MR) is 77.8 cm³/mol. The van der Waals surface area contributed by atoms with Gasteiger partial charge in [-0.1, -0.05) is 18.2 Å². The zero-order valence-corrected chi connectivity index (χ0v) is 10.8. The fraction of sp³-hybridized carbons (Fsp3) is 0.188. The van der Waals surface area contributed by atoms with E-state index in [0.29, 0.717) is 6.04 Å². The number of pyridine rings is 1. The quantitative estimate of drug-likeness (QED) is 0.714. The molecule has 1 aliphatic heterocycles. The molecule has 0 bridgehead atoms. The van der Waals surface area contributed by atoms with Gasteiger partial charge in [0.15, 0.2) is 0 Å². The normalized spacial score (nSPS) is 17.9. The van der Waals surface area contributed by atoms with Crippen LogP contribution in [0.1, 0.15) is 12.5 Å². The molecule has 1 aromatic carbocycles. The summed E-state index contributed by atoms with van der Waals surface area (Å²) in [6.07, 6.45) is 4.93. The standard InChI is InChI=1S/C16H15N3/c1-11-10-12-4-2-3-5-14(12)19(11)15-7-9-18-16-13(15)6-8-17-16/h2-9,11H,10H2,1H3,(H,17,18). The van der Waals surface area contributed by atoms with Crippen molar-refractivity contribution in [2.75, 3.05) is 4.90 Å². The van der Waals surface area contributed by atoms with Crippen LogP contribution in [0.3, 0.4) is 0 Å². The topological polar surface area (TPSA) is 31.9 Å². The van der Waals surface area contributed by atoms with Crippen molar-refractivity contribution in [3.8, 4) is 0 Å². The van der Waals surface area contributed by atoms with Crippen LogP contribution in [0.15, 0.2) is 48.8 Å². The molecular formula is C16H15N3. The Bertz CT molecular complexity index is 744.